The molecule has 0 aromatic carbocycles. The second-order valence-electron chi connectivity index (χ2n) is 2.25. The third-order valence-electron chi connectivity index (χ3n) is 1.58. The highest BCUT2D eigenvalue weighted by Gasteiger charge is 1.93. The molecule has 0 fully saturated rings. The Kier molecular flexibility index (Phi) is 1.01. The molecular formula is C8H7N2. The average molecular weight is 131 g/mol. The highest BCUT2D eigenvalue weighted by molar-refractivity contribution is 5.50. The monoisotopic (exact) mass is 131 g/mol. The van der Waals surface area contributed by atoms with Gasteiger partial charge in [0.05, 0.1) is 11.2 Å². The molecule has 0 saturated heterocycles. The van der Waals surface area contributed by atoms with E-state index in [1.165, 1.54) is 0 Å². The number of aryl methyl sites for hydroxylation is 1. The Morgan fingerprint density at radius 1 is 1.60 bits per heavy atom. The van der Waals surface area contributed by atoms with Crippen LogP contribution in [-0.4, -0.2) is 9.38 Å². The SMILES string of the molecule is Cc1nccn2c[c]cc12. The van der Waals surface area contributed by atoms with Gasteiger partial charge in [0.2, 0.25) is 0 Å². The molecule has 0 aliphatic heterocycles. The van der Waals surface area contributed by atoms with Crippen molar-refractivity contribution in [2.75, 3.05) is 0 Å². The molecule has 2 aromatic rings. The van der Waals surface area contributed by atoms with Crippen LogP contribution in [0.25, 0.3) is 5.52 Å². The molecule has 2 aromatic heterocycles. The lowest BCUT2D eigenvalue weighted by Gasteiger charge is -1.94. The molecule has 0 atom stereocenters. The molecule has 2 rings (SSSR count). The molecular weight excluding hydrogens is 124 g/mol. The lowest BCUT2D eigenvalue weighted by atomic mass is 10.4. The number of hydrogen-bond donors (Lipinski definition) is 0. The molecule has 0 aliphatic rings. The second-order valence-corrected chi connectivity index (χ2v) is 2.25. The average Bonchev–Trinajstić information content (AvgIpc) is 2.36. The van der Waals surface area contributed by atoms with E-state index in [1.54, 1.807) is 6.20 Å². The Bertz CT molecular complexity index is 349. The molecule has 2 nitrogen and oxygen atoms in total. The van der Waals surface area contributed by atoms with E-state index >= 15 is 0 Å². The number of rotatable bonds is 0. The smallest absolute Gasteiger partial charge is 0.0670 e. The Morgan fingerprint density at radius 2 is 2.50 bits per heavy atom. The first-order valence-electron chi connectivity index (χ1n) is 3.17. The largest absolute Gasteiger partial charge is 0.320 e. The molecule has 0 bridgehead atoms. The Labute approximate surface area is 59.1 Å². The van der Waals surface area contributed by atoms with Crippen LogP contribution in [0.2, 0.25) is 0 Å². The summed E-state index contributed by atoms with van der Waals surface area (Å²) in [5, 5.41) is 0. The number of hydrogen-bond acceptors (Lipinski definition) is 1. The minimum absolute atomic E-state index is 1.05. The molecule has 2 heterocycles. The van der Waals surface area contributed by atoms with Gasteiger partial charge in [0.25, 0.3) is 0 Å². The summed E-state index contributed by atoms with van der Waals surface area (Å²) in [6.45, 7) is 1.99. The van der Waals surface area contributed by atoms with Gasteiger partial charge >= 0.3 is 0 Å². The summed E-state index contributed by atoms with van der Waals surface area (Å²) >= 11 is 0. The third kappa shape index (κ3) is 0.620. The molecule has 0 N–H and O–H groups in total. The topological polar surface area (TPSA) is 17.3 Å². The Hall–Kier alpha value is -1.31. The van der Waals surface area contributed by atoms with Crippen molar-refractivity contribution in [1.82, 2.24) is 9.38 Å². The van der Waals surface area contributed by atoms with Crippen LogP contribution in [-0.2, 0) is 0 Å². The molecule has 0 amide bonds. The van der Waals surface area contributed by atoms with Gasteiger partial charge in [-0.1, -0.05) is 0 Å². The van der Waals surface area contributed by atoms with E-state index in [-0.39, 0.29) is 0 Å². The second kappa shape index (κ2) is 1.84. The normalized spacial score (nSPS) is 10.5. The Morgan fingerprint density at radius 3 is 3.30 bits per heavy atom. The predicted octanol–water partition coefficient (Wildman–Crippen LogP) is 1.44. The van der Waals surface area contributed by atoms with Gasteiger partial charge < -0.3 is 4.40 Å². The molecule has 0 saturated carbocycles. The van der Waals surface area contributed by atoms with Crippen molar-refractivity contribution < 1.29 is 0 Å². The van der Waals surface area contributed by atoms with Crippen molar-refractivity contribution in [2.45, 2.75) is 6.92 Å². The third-order valence-corrected chi connectivity index (χ3v) is 1.58. The van der Waals surface area contributed by atoms with Gasteiger partial charge in [-0.05, 0) is 13.0 Å². The summed E-state index contributed by atoms with van der Waals surface area (Å²) in [5.41, 5.74) is 2.17. The molecule has 2 heteroatoms. The van der Waals surface area contributed by atoms with Crippen LogP contribution in [0.3, 0.4) is 0 Å². The van der Waals surface area contributed by atoms with E-state index in [0.717, 1.165) is 11.2 Å². The van der Waals surface area contributed by atoms with Crippen LogP contribution in [0.1, 0.15) is 5.69 Å². The lowest BCUT2D eigenvalue weighted by Crippen LogP contribution is -1.86. The van der Waals surface area contributed by atoms with Crippen molar-refractivity contribution in [3.63, 3.8) is 0 Å². The zero-order chi connectivity index (χ0) is 6.97. The van der Waals surface area contributed by atoms with Gasteiger partial charge in [0, 0.05) is 24.7 Å². The summed E-state index contributed by atoms with van der Waals surface area (Å²) < 4.78 is 2.00. The maximum Gasteiger partial charge on any atom is 0.0670 e. The first kappa shape index (κ1) is 5.47. The molecule has 0 unspecified atom stereocenters. The minimum atomic E-state index is 1.05. The van der Waals surface area contributed by atoms with Crippen LogP contribution >= 0.6 is 0 Å². The summed E-state index contributed by atoms with van der Waals surface area (Å²) in [6, 6.07) is 4.93. The van der Waals surface area contributed by atoms with Gasteiger partial charge in [0.15, 0.2) is 0 Å². The first-order valence-corrected chi connectivity index (χ1v) is 3.17. The summed E-state index contributed by atoms with van der Waals surface area (Å²) in [6.07, 6.45) is 5.60. The van der Waals surface area contributed by atoms with Gasteiger partial charge in [-0.2, -0.15) is 0 Å². The number of fused-ring (bicyclic) bond motifs is 1. The van der Waals surface area contributed by atoms with Crippen molar-refractivity contribution in [3.8, 4) is 0 Å². The molecule has 0 aliphatic carbocycles. The maximum atomic E-state index is 4.14. The zero-order valence-corrected chi connectivity index (χ0v) is 5.70. The molecule has 10 heavy (non-hydrogen) atoms. The zero-order valence-electron chi connectivity index (χ0n) is 5.70. The van der Waals surface area contributed by atoms with Crippen LogP contribution < -0.4 is 0 Å². The van der Waals surface area contributed by atoms with E-state index in [2.05, 4.69) is 11.1 Å². The predicted molar refractivity (Wildman–Crippen MR) is 38.8 cm³/mol. The van der Waals surface area contributed by atoms with Crippen molar-refractivity contribution >= 4 is 5.52 Å². The van der Waals surface area contributed by atoms with Crippen molar-refractivity contribution in [2.24, 2.45) is 0 Å². The van der Waals surface area contributed by atoms with Crippen molar-refractivity contribution in [3.05, 3.63) is 36.4 Å². The highest BCUT2D eigenvalue weighted by atomic mass is 14.9. The summed E-state index contributed by atoms with van der Waals surface area (Å²) in [4.78, 5) is 4.14. The summed E-state index contributed by atoms with van der Waals surface area (Å²) in [5.74, 6) is 0. The van der Waals surface area contributed by atoms with E-state index in [0.29, 0.717) is 0 Å². The summed E-state index contributed by atoms with van der Waals surface area (Å²) in [7, 11) is 0. The quantitative estimate of drug-likeness (QED) is 0.529. The van der Waals surface area contributed by atoms with E-state index in [4.69, 9.17) is 0 Å². The van der Waals surface area contributed by atoms with E-state index in [1.807, 2.05) is 29.8 Å². The van der Waals surface area contributed by atoms with Gasteiger partial charge in [-0.25, -0.2) is 0 Å². The first-order chi connectivity index (χ1) is 4.88. The van der Waals surface area contributed by atoms with Crippen LogP contribution in [0.15, 0.2) is 24.7 Å². The van der Waals surface area contributed by atoms with Crippen molar-refractivity contribution in [1.29, 1.82) is 0 Å². The van der Waals surface area contributed by atoms with E-state index in [9.17, 15) is 0 Å². The van der Waals surface area contributed by atoms with Crippen LogP contribution in [0, 0.1) is 13.0 Å². The minimum Gasteiger partial charge on any atom is -0.320 e. The van der Waals surface area contributed by atoms with Gasteiger partial charge in [0.1, 0.15) is 0 Å². The molecule has 1 radical (unpaired) electrons. The molecule has 0 spiro atoms. The fourth-order valence-electron chi connectivity index (χ4n) is 1.04. The highest BCUT2D eigenvalue weighted by Crippen LogP contribution is 2.05. The van der Waals surface area contributed by atoms with Gasteiger partial charge in [-0.15, -0.1) is 0 Å². The van der Waals surface area contributed by atoms with E-state index < -0.39 is 0 Å². The van der Waals surface area contributed by atoms with Crippen LogP contribution in [0.5, 0.6) is 0 Å². The fraction of sp³-hybridized carbons (Fsp3) is 0.125. The van der Waals surface area contributed by atoms with Gasteiger partial charge in [-0.3, -0.25) is 4.98 Å². The molecule has 49 valence electrons. The maximum absolute atomic E-state index is 4.14. The lowest BCUT2D eigenvalue weighted by molar-refractivity contribution is 1.09. The standard InChI is InChI=1S/C8H7N2/c1-7-8-3-2-5-10(8)6-4-9-7/h3-6H,1H3. The number of aromatic nitrogens is 2. The number of nitrogens with zero attached hydrogens (tertiary/aromatic N) is 2. The van der Waals surface area contributed by atoms with Crippen LogP contribution in [0.4, 0.5) is 0 Å². The fourth-order valence-corrected chi connectivity index (χ4v) is 1.04. The Balaban J connectivity index is 2.95.